The quantitative estimate of drug-likeness (QED) is 0.311. The summed E-state index contributed by atoms with van der Waals surface area (Å²) < 4.78 is 27.9. The number of benzene rings is 3. The van der Waals surface area contributed by atoms with Gasteiger partial charge in [-0.25, -0.2) is 13.8 Å². The summed E-state index contributed by atoms with van der Waals surface area (Å²) in [6.45, 7) is 7.32. The van der Waals surface area contributed by atoms with Crippen molar-refractivity contribution in [3.63, 3.8) is 0 Å². The lowest BCUT2D eigenvalue weighted by Crippen LogP contribution is -2.40. The van der Waals surface area contributed by atoms with Gasteiger partial charge < -0.3 is 4.90 Å². The number of anilines is 2. The molecule has 0 aliphatic rings. The van der Waals surface area contributed by atoms with Crippen LogP contribution in [-0.4, -0.2) is 40.2 Å². The molecule has 0 heterocycles. The van der Waals surface area contributed by atoms with Gasteiger partial charge in [0.15, 0.2) is 0 Å². The number of rotatable bonds is 10. The molecule has 1 N–H and O–H groups in total. The van der Waals surface area contributed by atoms with Gasteiger partial charge >= 0.3 is 0 Å². The van der Waals surface area contributed by atoms with Crippen molar-refractivity contribution in [2.24, 2.45) is 5.10 Å². The Morgan fingerprint density at radius 3 is 2.26 bits per heavy atom. The molecule has 0 aromatic heterocycles. The largest absolute Gasteiger partial charge is 0.372 e. The summed E-state index contributed by atoms with van der Waals surface area (Å²) in [5.74, 6) is -0.574. The molecule has 0 spiro atoms. The van der Waals surface area contributed by atoms with Gasteiger partial charge in [-0.3, -0.25) is 9.10 Å². The number of halogens is 1. The van der Waals surface area contributed by atoms with Crippen LogP contribution in [0.3, 0.4) is 0 Å². The minimum Gasteiger partial charge on any atom is -0.372 e. The van der Waals surface area contributed by atoms with Gasteiger partial charge in [0, 0.05) is 23.8 Å². The van der Waals surface area contributed by atoms with Crippen molar-refractivity contribution in [2.75, 3.05) is 28.8 Å². The predicted molar refractivity (Wildman–Crippen MR) is 143 cm³/mol. The topological polar surface area (TPSA) is 82.1 Å². The van der Waals surface area contributed by atoms with Crippen molar-refractivity contribution < 1.29 is 13.2 Å². The third kappa shape index (κ3) is 6.61. The van der Waals surface area contributed by atoms with E-state index in [0.717, 1.165) is 28.6 Å². The van der Waals surface area contributed by atoms with Crippen LogP contribution in [0.15, 0.2) is 82.8 Å². The van der Waals surface area contributed by atoms with E-state index in [9.17, 15) is 13.2 Å². The van der Waals surface area contributed by atoms with E-state index in [2.05, 4.69) is 29.3 Å². The van der Waals surface area contributed by atoms with Crippen molar-refractivity contribution in [3.05, 3.63) is 88.9 Å². The first-order valence-corrected chi connectivity index (χ1v) is 13.1. The van der Waals surface area contributed by atoms with Gasteiger partial charge in [-0.2, -0.15) is 5.10 Å². The molecule has 35 heavy (non-hydrogen) atoms. The van der Waals surface area contributed by atoms with Gasteiger partial charge in [-0.05, 0) is 74.4 Å². The van der Waals surface area contributed by atoms with Crippen molar-refractivity contribution >= 4 is 45.1 Å². The Morgan fingerprint density at radius 2 is 1.66 bits per heavy atom. The summed E-state index contributed by atoms with van der Waals surface area (Å²) in [7, 11) is -4.01. The molecule has 0 radical (unpaired) electrons. The van der Waals surface area contributed by atoms with Crippen LogP contribution >= 0.6 is 11.6 Å². The van der Waals surface area contributed by atoms with Gasteiger partial charge in [0.05, 0.1) is 16.8 Å². The Bertz CT molecular complexity index is 1280. The molecule has 0 bridgehead atoms. The molecular formula is C26H29ClN4O3S. The predicted octanol–water partition coefficient (Wildman–Crippen LogP) is 4.84. The third-order valence-corrected chi connectivity index (χ3v) is 7.48. The van der Waals surface area contributed by atoms with E-state index >= 15 is 0 Å². The summed E-state index contributed by atoms with van der Waals surface area (Å²) in [6.07, 6.45) is 1.52. The van der Waals surface area contributed by atoms with Crippen molar-refractivity contribution in [3.8, 4) is 0 Å². The molecule has 0 fully saturated rings. The molecule has 0 aliphatic carbocycles. The van der Waals surface area contributed by atoms with Crippen LogP contribution in [0.4, 0.5) is 11.4 Å². The fourth-order valence-corrected chi connectivity index (χ4v) is 5.36. The molecule has 0 atom stereocenters. The van der Waals surface area contributed by atoms with Crippen LogP contribution in [0, 0.1) is 6.92 Å². The average Bonchev–Trinajstić information content (AvgIpc) is 2.85. The fraction of sp³-hybridized carbons (Fsp3) is 0.231. The molecule has 3 aromatic rings. The molecule has 0 saturated carbocycles. The molecule has 9 heteroatoms. The average molecular weight is 513 g/mol. The minimum atomic E-state index is -4.01. The van der Waals surface area contributed by atoms with E-state index in [1.807, 2.05) is 24.3 Å². The Hall–Kier alpha value is -3.36. The van der Waals surface area contributed by atoms with Gasteiger partial charge in [0.1, 0.15) is 6.54 Å². The van der Waals surface area contributed by atoms with E-state index in [4.69, 9.17) is 11.6 Å². The number of hydrazone groups is 1. The number of hydrogen-bond acceptors (Lipinski definition) is 5. The maximum atomic E-state index is 13.4. The Labute approximate surface area is 212 Å². The van der Waals surface area contributed by atoms with E-state index < -0.39 is 22.5 Å². The number of amides is 1. The van der Waals surface area contributed by atoms with Crippen LogP contribution in [0.25, 0.3) is 0 Å². The summed E-state index contributed by atoms with van der Waals surface area (Å²) in [4.78, 5) is 15.0. The highest BCUT2D eigenvalue weighted by atomic mass is 35.5. The van der Waals surface area contributed by atoms with Crippen molar-refractivity contribution in [2.45, 2.75) is 25.7 Å². The Balaban J connectivity index is 1.78. The highest BCUT2D eigenvalue weighted by Gasteiger charge is 2.28. The number of aryl methyl sites for hydroxylation is 1. The monoisotopic (exact) mass is 512 g/mol. The standard InChI is InChI=1S/C26H29ClN4O3S/c1-4-30(5-2)23-14-11-21(12-15-23)18-28-29-26(32)19-31(25-16-13-22(27)17-20(25)3)35(33,34)24-9-7-6-8-10-24/h6-18H,4-5,19H2,1-3H3,(H,29,32)/b28-18-. The van der Waals surface area contributed by atoms with E-state index in [0.29, 0.717) is 16.3 Å². The first kappa shape index (κ1) is 26.2. The lowest BCUT2D eigenvalue weighted by atomic mass is 10.2. The van der Waals surface area contributed by atoms with Crippen molar-refractivity contribution in [1.29, 1.82) is 0 Å². The summed E-state index contributed by atoms with van der Waals surface area (Å²) >= 11 is 6.06. The van der Waals surface area contributed by atoms with Gasteiger partial charge in [0.2, 0.25) is 0 Å². The lowest BCUT2D eigenvalue weighted by Gasteiger charge is -2.25. The zero-order valence-corrected chi connectivity index (χ0v) is 21.6. The zero-order chi connectivity index (χ0) is 25.4. The Kier molecular flexibility index (Phi) is 8.89. The zero-order valence-electron chi connectivity index (χ0n) is 20.0. The molecule has 0 saturated heterocycles. The van der Waals surface area contributed by atoms with Crippen molar-refractivity contribution in [1.82, 2.24) is 5.43 Å². The highest BCUT2D eigenvalue weighted by molar-refractivity contribution is 7.92. The maximum absolute atomic E-state index is 13.4. The second-order valence-electron chi connectivity index (χ2n) is 7.81. The number of carbonyl (C=O) groups is 1. The lowest BCUT2D eigenvalue weighted by molar-refractivity contribution is -0.119. The van der Waals surface area contributed by atoms with Crippen LogP contribution < -0.4 is 14.6 Å². The van der Waals surface area contributed by atoms with Crippen LogP contribution in [-0.2, 0) is 14.8 Å². The highest BCUT2D eigenvalue weighted by Crippen LogP contribution is 2.28. The smallest absolute Gasteiger partial charge is 0.264 e. The number of carbonyl (C=O) groups excluding carboxylic acids is 1. The second-order valence-corrected chi connectivity index (χ2v) is 10.1. The number of nitrogens with one attached hydrogen (secondary N) is 1. The second kappa shape index (κ2) is 11.9. The van der Waals surface area contributed by atoms with E-state index in [-0.39, 0.29) is 4.90 Å². The molecule has 7 nitrogen and oxygen atoms in total. The van der Waals surface area contributed by atoms with E-state index in [1.54, 1.807) is 43.3 Å². The summed E-state index contributed by atoms with van der Waals surface area (Å²) in [5.41, 5.74) is 5.34. The molecule has 184 valence electrons. The van der Waals surface area contributed by atoms with Crippen LogP contribution in [0.1, 0.15) is 25.0 Å². The molecule has 3 rings (SSSR count). The fourth-order valence-electron chi connectivity index (χ4n) is 3.62. The minimum absolute atomic E-state index is 0.0824. The molecule has 0 unspecified atom stereocenters. The van der Waals surface area contributed by atoms with Gasteiger partial charge in [0.25, 0.3) is 15.9 Å². The van der Waals surface area contributed by atoms with Crippen LogP contribution in [0.2, 0.25) is 5.02 Å². The van der Waals surface area contributed by atoms with E-state index in [1.165, 1.54) is 18.3 Å². The number of nitrogens with zero attached hydrogens (tertiary/aromatic N) is 3. The van der Waals surface area contributed by atoms with Crippen LogP contribution in [0.5, 0.6) is 0 Å². The number of sulfonamides is 1. The molecular weight excluding hydrogens is 484 g/mol. The normalized spacial score (nSPS) is 11.4. The Morgan fingerprint density at radius 1 is 1.00 bits per heavy atom. The first-order chi connectivity index (χ1) is 16.8. The first-order valence-electron chi connectivity index (χ1n) is 11.3. The molecule has 0 aliphatic heterocycles. The maximum Gasteiger partial charge on any atom is 0.264 e. The molecule has 3 aromatic carbocycles. The number of hydrogen-bond donors (Lipinski definition) is 1. The summed E-state index contributed by atoms with van der Waals surface area (Å²) in [6, 6.07) is 20.6. The summed E-state index contributed by atoms with van der Waals surface area (Å²) in [5, 5.41) is 4.49. The SMILES string of the molecule is CCN(CC)c1ccc(/C=N\NC(=O)CN(c2ccc(Cl)cc2C)S(=O)(=O)c2ccccc2)cc1. The van der Waals surface area contributed by atoms with Gasteiger partial charge in [-0.15, -0.1) is 0 Å². The third-order valence-electron chi connectivity index (χ3n) is 5.47. The molecule has 1 amide bonds. The van der Waals surface area contributed by atoms with Gasteiger partial charge in [-0.1, -0.05) is 41.9 Å².